The highest BCUT2D eigenvalue weighted by Crippen LogP contribution is 2.29. The topological polar surface area (TPSA) is 100 Å². The van der Waals surface area contributed by atoms with Crippen LogP contribution in [0.2, 0.25) is 0 Å². The van der Waals surface area contributed by atoms with Crippen LogP contribution in [0.3, 0.4) is 0 Å². The molecule has 1 unspecified atom stereocenters. The van der Waals surface area contributed by atoms with Crippen molar-refractivity contribution < 1.29 is 4.79 Å². The molecule has 0 saturated carbocycles. The Morgan fingerprint density at radius 3 is 3.12 bits per heavy atom. The summed E-state index contributed by atoms with van der Waals surface area (Å²) in [6.07, 6.45) is 15.5. The van der Waals surface area contributed by atoms with E-state index in [0.29, 0.717) is 44.1 Å². The fourth-order valence-corrected chi connectivity index (χ4v) is 5.43. The molecule has 0 saturated heterocycles. The molecule has 3 N–H and O–H groups in total. The van der Waals surface area contributed by atoms with Crippen molar-refractivity contribution in [3.8, 4) is 0 Å². The molecule has 9 heteroatoms. The van der Waals surface area contributed by atoms with Gasteiger partial charge in [-0.1, -0.05) is 23.8 Å². The van der Waals surface area contributed by atoms with Crippen molar-refractivity contribution in [1.82, 2.24) is 14.9 Å². The second-order valence-electron chi connectivity index (χ2n) is 8.47. The number of hydrogen-bond acceptors (Lipinski definition) is 7. The molecule has 1 aliphatic carbocycles. The summed E-state index contributed by atoms with van der Waals surface area (Å²) in [7, 11) is 0. The SMILES string of the molecule is O=C(NCc1cc2c(s1)NCN=C2)C1CCc2ncc(NCCCC3=CCCC=C3)c(=O)n21. The van der Waals surface area contributed by atoms with Crippen molar-refractivity contribution in [1.29, 1.82) is 0 Å². The van der Waals surface area contributed by atoms with Crippen LogP contribution in [0, 0.1) is 0 Å². The normalized spacial score (nSPS) is 18.3. The number of anilines is 2. The molecule has 8 nitrogen and oxygen atoms in total. The first-order valence-electron chi connectivity index (χ1n) is 11.5. The molecule has 0 spiro atoms. The number of aryl methyl sites for hydroxylation is 1. The number of amides is 1. The highest BCUT2D eigenvalue weighted by molar-refractivity contribution is 7.16. The summed E-state index contributed by atoms with van der Waals surface area (Å²) in [6, 6.07) is 1.52. The minimum Gasteiger partial charge on any atom is -0.379 e. The molecule has 2 aromatic rings. The van der Waals surface area contributed by atoms with Gasteiger partial charge in [0, 0.05) is 29.6 Å². The molecule has 2 aromatic heterocycles. The number of allylic oxidation sites excluding steroid dienone is 4. The van der Waals surface area contributed by atoms with Gasteiger partial charge in [-0.3, -0.25) is 19.1 Å². The number of hydrogen-bond donors (Lipinski definition) is 3. The van der Waals surface area contributed by atoms with Gasteiger partial charge < -0.3 is 16.0 Å². The van der Waals surface area contributed by atoms with E-state index in [-0.39, 0.29) is 11.5 Å². The van der Waals surface area contributed by atoms with Crippen LogP contribution >= 0.6 is 11.3 Å². The molecule has 4 heterocycles. The van der Waals surface area contributed by atoms with Crippen LogP contribution in [-0.2, 0) is 17.8 Å². The molecule has 1 atom stereocenters. The summed E-state index contributed by atoms with van der Waals surface area (Å²) >= 11 is 1.62. The van der Waals surface area contributed by atoms with Gasteiger partial charge in [0.15, 0.2) is 0 Å². The number of carbonyl (C=O) groups excluding carboxylic acids is 1. The second kappa shape index (κ2) is 9.74. The third-order valence-corrected chi connectivity index (χ3v) is 7.27. The highest BCUT2D eigenvalue weighted by Gasteiger charge is 2.31. The first kappa shape index (κ1) is 21.6. The van der Waals surface area contributed by atoms with Crippen molar-refractivity contribution in [2.24, 2.45) is 4.99 Å². The van der Waals surface area contributed by atoms with Crippen molar-refractivity contribution in [2.45, 2.75) is 51.1 Å². The quantitative estimate of drug-likeness (QED) is 0.520. The fraction of sp³-hybridized carbons (Fsp3) is 0.417. The molecule has 2 aliphatic heterocycles. The average Bonchev–Trinajstić information content (AvgIpc) is 3.46. The molecule has 0 bridgehead atoms. The summed E-state index contributed by atoms with van der Waals surface area (Å²) in [5.41, 5.74) is 2.70. The van der Waals surface area contributed by atoms with E-state index in [1.807, 2.05) is 12.3 Å². The smallest absolute Gasteiger partial charge is 0.277 e. The van der Waals surface area contributed by atoms with E-state index in [4.69, 9.17) is 0 Å². The van der Waals surface area contributed by atoms with E-state index in [1.165, 1.54) is 5.57 Å². The van der Waals surface area contributed by atoms with Crippen molar-refractivity contribution in [3.63, 3.8) is 0 Å². The summed E-state index contributed by atoms with van der Waals surface area (Å²) in [6.45, 7) is 1.71. The monoisotopic (exact) mass is 464 g/mol. The lowest BCUT2D eigenvalue weighted by atomic mass is 10.0. The molecule has 0 radical (unpaired) electrons. The fourth-order valence-electron chi connectivity index (χ4n) is 4.48. The Hall–Kier alpha value is -3.20. The van der Waals surface area contributed by atoms with Crippen LogP contribution in [0.1, 0.15) is 54.4 Å². The lowest BCUT2D eigenvalue weighted by molar-refractivity contribution is -0.124. The van der Waals surface area contributed by atoms with E-state index in [9.17, 15) is 9.59 Å². The van der Waals surface area contributed by atoms with E-state index < -0.39 is 6.04 Å². The van der Waals surface area contributed by atoms with Gasteiger partial charge in [-0.15, -0.1) is 11.3 Å². The van der Waals surface area contributed by atoms with Crippen molar-refractivity contribution in [3.05, 3.63) is 62.7 Å². The molecule has 3 aliphatic rings. The molecule has 33 heavy (non-hydrogen) atoms. The zero-order valence-corrected chi connectivity index (χ0v) is 19.3. The first-order valence-corrected chi connectivity index (χ1v) is 12.3. The number of rotatable bonds is 8. The number of aromatic nitrogens is 2. The lowest BCUT2D eigenvalue weighted by Gasteiger charge is -2.15. The first-order chi connectivity index (χ1) is 16.2. The van der Waals surface area contributed by atoms with Crippen LogP contribution in [-0.4, -0.2) is 34.9 Å². The second-order valence-corrected chi connectivity index (χ2v) is 9.61. The largest absolute Gasteiger partial charge is 0.379 e. The standard InChI is InChI=1S/C24H28N6O2S/c31-22(28-13-18-11-17-12-25-15-29-23(17)33-18)20-8-9-21-27-14-19(24(32)30(20)21)26-10-4-7-16-5-2-1-3-6-16/h2,5-6,11-12,14,20,26,29H,1,3-4,7-10,13,15H2,(H,28,31). The van der Waals surface area contributed by atoms with E-state index in [0.717, 1.165) is 41.1 Å². The van der Waals surface area contributed by atoms with Gasteiger partial charge in [-0.05, 0) is 38.2 Å². The van der Waals surface area contributed by atoms with Gasteiger partial charge in [0.1, 0.15) is 24.2 Å². The highest BCUT2D eigenvalue weighted by atomic mass is 32.1. The van der Waals surface area contributed by atoms with E-state index in [2.05, 4.69) is 44.2 Å². The predicted octanol–water partition coefficient (Wildman–Crippen LogP) is 3.38. The van der Waals surface area contributed by atoms with Crippen molar-refractivity contribution in [2.75, 3.05) is 23.8 Å². The minimum atomic E-state index is -0.520. The van der Waals surface area contributed by atoms with Crippen LogP contribution < -0.4 is 21.5 Å². The number of fused-ring (bicyclic) bond motifs is 2. The van der Waals surface area contributed by atoms with Crippen LogP contribution in [0.15, 0.2) is 45.9 Å². The van der Waals surface area contributed by atoms with Gasteiger partial charge in [-0.2, -0.15) is 0 Å². The summed E-state index contributed by atoms with van der Waals surface area (Å²) in [5, 5.41) is 10.5. The Balaban J connectivity index is 1.20. The summed E-state index contributed by atoms with van der Waals surface area (Å²) in [5.74, 6) is 0.536. The Kier molecular flexibility index (Phi) is 6.39. The molecular weight excluding hydrogens is 436 g/mol. The number of carbonyl (C=O) groups is 1. The molecule has 0 aromatic carbocycles. The molecule has 172 valence electrons. The Labute approximate surface area is 196 Å². The molecule has 5 rings (SSSR count). The number of thiophene rings is 1. The van der Waals surface area contributed by atoms with Gasteiger partial charge in [0.25, 0.3) is 5.56 Å². The van der Waals surface area contributed by atoms with Gasteiger partial charge in [-0.25, -0.2) is 4.98 Å². The van der Waals surface area contributed by atoms with Crippen LogP contribution in [0.25, 0.3) is 0 Å². The molecular formula is C24H28N6O2S. The van der Waals surface area contributed by atoms with Crippen LogP contribution in [0.4, 0.5) is 10.7 Å². The summed E-state index contributed by atoms with van der Waals surface area (Å²) in [4.78, 5) is 35.8. The Morgan fingerprint density at radius 2 is 2.27 bits per heavy atom. The maximum atomic E-state index is 13.1. The third kappa shape index (κ3) is 4.78. The number of aliphatic imine (C=N–C) groups is 1. The van der Waals surface area contributed by atoms with Gasteiger partial charge >= 0.3 is 0 Å². The Bertz CT molecular complexity index is 1190. The summed E-state index contributed by atoms with van der Waals surface area (Å²) < 4.78 is 1.57. The predicted molar refractivity (Wildman–Crippen MR) is 132 cm³/mol. The minimum absolute atomic E-state index is 0.140. The zero-order valence-electron chi connectivity index (χ0n) is 18.5. The zero-order chi connectivity index (χ0) is 22.6. The van der Waals surface area contributed by atoms with Crippen LogP contribution in [0.5, 0.6) is 0 Å². The number of nitrogens with zero attached hydrogens (tertiary/aromatic N) is 3. The maximum Gasteiger partial charge on any atom is 0.277 e. The third-order valence-electron chi connectivity index (χ3n) is 6.17. The maximum absolute atomic E-state index is 13.1. The average molecular weight is 465 g/mol. The van der Waals surface area contributed by atoms with E-state index in [1.54, 1.807) is 22.1 Å². The lowest BCUT2D eigenvalue weighted by Crippen LogP contribution is -2.36. The molecule has 1 amide bonds. The molecule has 0 fully saturated rings. The number of nitrogens with one attached hydrogen (secondary N) is 3. The van der Waals surface area contributed by atoms with E-state index >= 15 is 0 Å². The van der Waals surface area contributed by atoms with Gasteiger partial charge in [0.05, 0.1) is 17.7 Å². The Morgan fingerprint density at radius 1 is 1.33 bits per heavy atom. The van der Waals surface area contributed by atoms with Crippen molar-refractivity contribution >= 4 is 34.1 Å². The van der Waals surface area contributed by atoms with Gasteiger partial charge in [0.2, 0.25) is 5.91 Å².